The van der Waals surface area contributed by atoms with Crippen molar-refractivity contribution < 1.29 is 9.90 Å². The van der Waals surface area contributed by atoms with Gasteiger partial charge in [0.2, 0.25) is 0 Å². The molecule has 0 atom stereocenters. The molecule has 2 heterocycles. The van der Waals surface area contributed by atoms with E-state index in [1.807, 2.05) is 35.9 Å². The van der Waals surface area contributed by atoms with Crippen molar-refractivity contribution in [3.63, 3.8) is 0 Å². The van der Waals surface area contributed by atoms with Gasteiger partial charge in [0.15, 0.2) is 0 Å². The van der Waals surface area contributed by atoms with E-state index in [1.54, 1.807) is 12.1 Å². The predicted molar refractivity (Wildman–Crippen MR) is 89.5 cm³/mol. The number of aromatic nitrogens is 1. The number of carboxylic acid groups (broad SMARTS) is 1. The van der Waals surface area contributed by atoms with Crippen LogP contribution in [0.1, 0.15) is 23.2 Å². The molecule has 114 valence electrons. The second kappa shape index (κ2) is 6.20. The smallest absolute Gasteiger partial charge is 0.335 e. The Morgan fingerprint density at radius 1 is 1.05 bits per heavy atom. The molecule has 4 heteroatoms. The minimum Gasteiger partial charge on any atom is -0.478 e. The van der Waals surface area contributed by atoms with Crippen molar-refractivity contribution in [2.24, 2.45) is 7.05 Å². The summed E-state index contributed by atoms with van der Waals surface area (Å²) in [4.78, 5) is 11.0. The standard InChI is InChI=1S/C14H11NO2.C4H9N/c1-15-12-5-3-2-4-10(12)11-7-6-9(14(16)17)8-13(11)15;1-2-4-5-3-1/h2-8H,1H3,(H,16,17);5H,1-4H2. The molecule has 0 aliphatic carbocycles. The van der Waals surface area contributed by atoms with Crippen LogP contribution in [0.25, 0.3) is 21.8 Å². The summed E-state index contributed by atoms with van der Waals surface area (Å²) in [5, 5.41) is 14.5. The molecule has 0 spiro atoms. The lowest BCUT2D eigenvalue weighted by molar-refractivity contribution is 0.0697. The van der Waals surface area contributed by atoms with Crippen LogP contribution in [-0.4, -0.2) is 28.7 Å². The number of fused-ring (bicyclic) bond motifs is 3. The number of benzene rings is 2. The number of nitrogens with one attached hydrogen (secondary N) is 1. The lowest BCUT2D eigenvalue weighted by Gasteiger charge is -1.98. The first-order valence-corrected chi connectivity index (χ1v) is 7.59. The van der Waals surface area contributed by atoms with Gasteiger partial charge >= 0.3 is 5.97 Å². The average Bonchev–Trinajstić information content (AvgIpc) is 3.20. The fourth-order valence-corrected chi connectivity index (χ4v) is 2.92. The Kier molecular flexibility index (Phi) is 4.11. The molecule has 2 N–H and O–H groups in total. The molecule has 2 aromatic carbocycles. The summed E-state index contributed by atoms with van der Waals surface area (Å²) < 4.78 is 2.02. The monoisotopic (exact) mass is 296 g/mol. The average molecular weight is 296 g/mol. The highest BCUT2D eigenvalue weighted by atomic mass is 16.4. The number of carboxylic acids is 1. The lowest BCUT2D eigenvalue weighted by Crippen LogP contribution is -2.03. The third-order valence-electron chi connectivity index (χ3n) is 4.12. The van der Waals surface area contributed by atoms with Crippen molar-refractivity contribution in [3.05, 3.63) is 48.0 Å². The van der Waals surface area contributed by atoms with Gasteiger partial charge in [-0.3, -0.25) is 0 Å². The van der Waals surface area contributed by atoms with Crippen LogP contribution in [0.15, 0.2) is 42.5 Å². The quantitative estimate of drug-likeness (QED) is 0.723. The third kappa shape index (κ3) is 2.70. The molecule has 1 aliphatic heterocycles. The molecule has 1 fully saturated rings. The van der Waals surface area contributed by atoms with E-state index in [1.165, 1.54) is 25.9 Å². The zero-order valence-corrected chi connectivity index (χ0v) is 12.7. The van der Waals surface area contributed by atoms with Gasteiger partial charge < -0.3 is 15.0 Å². The summed E-state index contributed by atoms with van der Waals surface area (Å²) in [6, 6.07) is 13.3. The van der Waals surface area contributed by atoms with Crippen molar-refractivity contribution in [1.29, 1.82) is 0 Å². The summed E-state index contributed by atoms with van der Waals surface area (Å²) in [7, 11) is 1.95. The van der Waals surface area contributed by atoms with Gasteiger partial charge in [0, 0.05) is 28.9 Å². The predicted octanol–water partition coefficient (Wildman–Crippen LogP) is 3.40. The van der Waals surface area contributed by atoms with Gasteiger partial charge in [-0.15, -0.1) is 0 Å². The Labute approximate surface area is 129 Å². The van der Waals surface area contributed by atoms with E-state index in [0.717, 1.165) is 21.8 Å². The number of nitrogens with zero attached hydrogens (tertiary/aromatic N) is 1. The van der Waals surface area contributed by atoms with E-state index in [9.17, 15) is 4.79 Å². The summed E-state index contributed by atoms with van der Waals surface area (Å²) in [5.74, 6) is -0.892. The third-order valence-corrected chi connectivity index (χ3v) is 4.12. The number of rotatable bonds is 1. The van der Waals surface area contributed by atoms with Gasteiger partial charge in [-0.2, -0.15) is 0 Å². The maximum absolute atomic E-state index is 11.0. The first-order chi connectivity index (χ1) is 10.7. The second-order valence-corrected chi connectivity index (χ2v) is 5.57. The lowest BCUT2D eigenvalue weighted by atomic mass is 10.1. The number of hydrogen-bond donors (Lipinski definition) is 2. The van der Waals surface area contributed by atoms with Crippen LogP contribution >= 0.6 is 0 Å². The molecule has 22 heavy (non-hydrogen) atoms. The molecular formula is C18H20N2O2. The molecule has 0 amide bonds. The summed E-state index contributed by atoms with van der Waals surface area (Å²) in [6.07, 6.45) is 2.78. The zero-order valence-electron chi connectivity index (χ0n) is 12.7. The Balaban J connectivity index is 0.000000246. The van der Waals surface area contributed by atoms with E-state index in [2.05, 4.69) is 11.4 Å². The highest BCUT2D eigenvalue weighted by Gasteiger charge is 2.10. The fraction of sp³-hybridized carbons (Fsp3) is 0.278. The number of carbonyl (C=O) groups is 1. The van der Waals surface area contributed by atoms with Crippen LogP contribution in [0.2, 0.25) is 0 Å². The zero-order chi connectivity index (χ0) is 15.5. The Bertz CT molecular complexity index is 809. The minimum atomic E-state index is -0.892. The Hall–Kier alpha value is -2.33. The molecule has 1 aliphatic rings. The molecule has 0 unspecified atom stereocenters. The number of aryl methyl sites for hydroxylation is 1. The van der Waals surface area contributed by atoms with Gasteiger partial charge in [0.05, 0.1) is 5.56 Å². The minimum absolute atomic E-state index is 0.323. The fourth-order valence-electron chi connectivity index (χ4n) is 2.92. The van der Waals surface area contributed by atoms with Gasteiger partial charge in [-0.1, -0.05) is 24.3 Å². The maximum atomic E-state index is 11.0. The normalized spacial score (nSPS) is 14.0. The van der Waals surface area contributed by atoms with Crippen LogP contribution in [0.4, 0.5) is 0 Å². The van der Waals surface area contributed by atoms with E-state index in [4.69, 9.17) is 5.11 Å². The molecule has 0 bridgehead atoms. The topological polar surface area (TPSA) is 54.3 Å². The first kappa shape index (κ1) is 14.6. The van der Waals surface area contributed by atoms with Gasteiger partial charge in [0.1, 0.15) is 0 Å². The molecule has 0 saturated carbocycles. The molecule has 1 aromatic heterocycles. The van der Waals surface area contributed by atoms with Crippen LogP contribution in [0, 0.1) is 0 Å². The Morgan fingerprint density at radius 2 is 1.73 bits per heavy atom. The van der Waals surface area contributed by atoms with Crippen LogP contribution in [0.5, 0.6) is 0 Å². The van der Waals surface area contributed by atoms with Crippen molar-refractivity contribution >= 4 is 27.8 Å². The molecule has 1 saturated heterocycles. The SMILES string of the molecule is C1CCNC1.Cn1c2ccccc2c2ccc(C(=O)O)cc21. The first-order valence-electron chi connectivity index (χ1n) is 7.59. The largest absolute Gasteiger partial charge is 0.478 e. The van der Waals surface area contributed by atoms with E-state index in [-0.39, 0.29) is 0 Å². The van der Waals surface area contributed by atoms with Gasteiger partial charge in [-0.05, 0) is 44.1 Å². The Morgan fingerprint density at radius 3 is 2.36 bits per heavy atom. The molecular weight excluding hydrogens is 276 g/mol. The summed E-state index contributed by atoms with van der Waals surface area (Å²) in [5.41, 5.74) is 2.39. The van der Waals surface area contributed by atoms with E-state index in [0.29, 0.717) is 5.56 Å². The highest BCUT2D eigenvalue weighted by Crippen LogP contribution is 2.28. The summed E-state index contributed by atoms with van der Waals surface area (Å²) in [6.45, 7) is 2.50. The number of aromatic carboxylic acids is 1. The van der Waals surface area contributed by atoms with E-state index >= 15 is 0 Å². The van der Waals surface area contributed by atoms with Crippen molar-refractivity contribution in [3.8, 4) is 0 Å². The van der Waals surface area contributed by atoms with Crippen LogP contribution in [0.3, 0.4) is 0 Å². The second-order valence-electron chi connectivity index (χ2n) is 5.57. The highest BCUT2D eigenvalue weighted by molar-refractivity contribution is 6.09. The maximum Gasteiger partial charge on any atom is 0.335 e. The van der Waals surface area contributed by atoms with E-state index < -0.39 is 5.97 Å². The number of hydrogen-bond acceptors (Lipinski definition) is 2. The molecule has 4 nitrogen and oxygen atoms in total. The van der Waals surface area contributed by atoms with Crippen LogP contribution < -0.4 is 5.32 Å². The van der Waals surface area contributed by atoms with Gasteiger partial charge in [-0.25, -0.2) is 4.79 Å². The van der Waals surface area contributed by atoms with Crippen LogP contribution in [-0.2, 0) is 7.05 Å². The van der Waals surface area contributed by atoms with Crippen molar-refractivity contribution in [2.75, 3.05) is 13.1 Å². The van der Waals surface area contributed by atoms with Crippen molar-refractivity contribution in [2.45, 2.75) is 12.8 Å². The molecule has 4 rings (SSSR count). The van der Waals surface area contributed by atoms with Crippen molar-refractivity contribution in [1.82, 2.24) is 9.88 Å². The number of para-hydroxylation sites is 1. The molecule has 0 radical (unpaired) electrons. The molecule has 3 aromatic rings. The summed E-state index contributed by atoms with van der Waals surface area (Å²) >= 11 is 0. The van der Waals surface area contributed by atoms with Gasteiger partial charge in [0.25, 0.3) is 0 Å².